The number of carbonyl (C=O) groups is 1. The number of carbonyl (C=O) groups excluding carboxylic acids is 1. The first kappa shape index (κ1) is 25.5. The number of aromatic hydroxyl groups is 1. The van der Waals surface area contributed by atoms with Gasteiger partial charge in [-0.3, -0.25) is 9.69 Å². The van der Waals surface area contributed by atoms with E-state index in [1.54, 1.807) is 36.4 Å². The topological polar surface area (TPSA) is 75.8 Å². The maximum atomic E-state index is 13.8. The van der Waals surface area contributed by atoms with Crippen molar-refractivity contribution in [2.45, 2.75) is 26.4 Å². The highest BCUT2D eigenvalue weighted by Crippen LogP contribution is 2.36. The molecule has 1 aliphatic rings. The smallest absolute Gasteiger partial charge is 0.199 e. The van der Waals surface area contributed by atoms with Gasteiger partial charge in [-0.1, -0.05) is 36.3 Å². The third-order valence-electron chi connectivity index (χ3n) is 6.33. The van der Waals surface area contributed by atoms with Crippen LogP contribution < -0.4 is 4.74 Å². The molecule has 1 aromatic heterocycles. The van der Waals surface area contributed by atoms with Crippen LogP contribution in [0.3, 0.4) is 0 Å². The number of aromatic nitrogens is 1. The molecule has 0 aliphatic carbocycles. The third-order valence-corrected chi connectivity index (χ3v) is 6.33. The maximum absolute atomic E-state index is 13.8. The molecule has 36 heavy (non-hydrogen) atoms. The van der Waals surface area contributed by atoms with E-state index in [1.807, 2.05) is 43.3 Å². The molecular weight excluding hydrogens is 476 g/mol. The first-order valence-corrected chi connectivity index (χ1v) is 11.9. The molecule has 0 unspecified atom stereocenters. The average Bonchev–Trinajstić information content (AvgIpc) is 3.28. The van der Waals surface area contributed by atoms with Gasteiger partial charge in [-0.15, -0.1) is 12.4 Å². The maximum Gasteiger partial charge on any atom is 0.199 e. The molecule has 6 nitrogen and oxygen atoms in total. The predicted octanol–water partition coefficient (Wildman–Crippen LogP) is 6.15. The van der Waals surface area contributed by atoms with Crippen LogP contribution in [0.15, 0.2) is 77.3 Å². The van der Waals surface area contributed by atoms with E-state index in [4.69, 9.17) is 9.26 Å². The molecule has 1 N–H and O–H groups in total. The first-order chi connectivity index (χ1) is 17.0. The van der Waals surface area contributed by atoms with Crippen molar-refractivity contribution < 1.29 is 19.2 Å². The zero-order valence-corrected chi connectivity index (χ0v) is 21.1. The second-order valence-electron chi connectivity index (χ2n) is 8.95. The minimum atomic E-state index is -0.183. The Morgan fingerprint density at radius 2 is 1.75 bits per heavy atom. The molecule has 2 heterocycles. The highest BCUT2D eigenvalue weighted by molar-refractivity contribution is 6.15. The molecule has 1 fully saturated rings. The van der Waals surface area contributed by atoms with Crippen molar-refractivity contribution in [3.8, 4) is 34.1 Å². The Hall–Kier alpha value is -3.61. The number of phenols is 1. The number of benzene rings is 3. The van der Waals surface area contributed by atoms with Crippen LogP contribution in [-0.2, 0) is 0 Å². The highest BCUT2D eigenvalue weighted by Gasteiger charge is 2.29. The van der Waals surface area contributed by atoms with E-state index in [2.05, 4.69) is 17.0 Å². The number of hydrogen-bond acceptors (Lipinski definition) is 6. The largest absolute Gasteiger partial charge is 0.508 e. The number of halogens is 1. The SMILES string of the molecule is CCCN1CC(Oc2ccc(C(=O)c3c(-c4ccccc4C)noc3-c3ccc(O)cc3)cc2)C1.Cl. The molecule has 4 aromatic rings. The summed E-state index contributed by atoms with van der Waals surface area (Å²) in [6.45, 7) is 7.12. The second-order valence-corrected chi connectivity index (χ2v) is 8.95. The summed E-state index contributed by atoms with van der Waals surface area (Å²) in [4.78, 5) is 16.2. The van der Waals surface area contributed by atoms with Crippen molar-refractivity contribution in [3.05, 3.63) is 89.5 Å². The number of rotatable bonds is 8. The van der Waals surface area contributed by atoms with Gasteiger partial charge >= 0.3 is 0 Å². The number of phenolic OH excluding ortho intramolecular Hbond substituents is 1. The van der Waals surface area contributed by atoms with E-state index in [1.165, 1.54) is 0 Å². The van der Waals surface area contributed by atoms with E-state index in [-0.39, 0.29) is 30.0 Å². The van der Waals surface area contributed by atoms with Gasteiger partial charge in [0.05, 0.1) is 5.56 Å². The standard InChI is InChI=1S/C29H28N2O4.ClH/c1-3-16-31-17-24(18-31)34-23-14-10-20(11-15-23)28(33)26-27(25-7-5-4-6-19(25)2)30-35-29(26)21-8-12-22(32)13-9-21;/h4-15,24,32H,3,16-18H2,1-2H3;1H. The molecule has 1 saturated heterocycles. The molecule has 7 heteroatoms. The second kappa shape index (κ2) is 11.0. The van der Waals surface area contributed by atoms with Crippen molar-refractivity contribution in [2.75, 3.05) is 19.6 Å². The van der Waals surface area contributed by atoms with Crippen LogP contribution in [0.2, 0.25) is 0 Å². The molecule has 0 bridgehead atoms. The molecule has 0 radical (unpaired) electrons. The van der Waals surface area contributed by atoms with Crippen LogP contribution >= 0.6 is 12.4 Å². The van der Waals surface area contributed by atoms with Gasteiger partial charge in [0, 0.05) is 29.8 Å². The van der Waals surface area contributed by atoms with Gasteiger partial charge in [-0.2, -0.15) is 0 Å². The highest BCUT2D eigenvalue weighted by atomic mass is 35.5. The summed E-state index contributed by atoms with van der Waals surface area (Å²) in [6, 6.07) is 21.6. The normalized spacial score (nSPS) is 13.6. The van der Waals surface area contributed by atoms with Crippen molar-refractivity contribution in [1.82, 2.24) is 10.1 Å². The van der Waals surface area contributed by atoms with E-state index in [9.17, 15) is 9.90 Å². The Balaban J connectivity index is 0.00000304. The molecule has 0 spiro atoms. The number of nitrogens with zero attached hydrogens (tertiary/aromatic N) is 2. The van der Waals surface area contributed by atoms with Gasteiger partial charge in [0.2, 0.25) is 0 Å². The summed E-state index contributed by atoms with van der Waals surface area (Å²) in [6.07, 6.45) is 1.33. The fourth-order valence-electron chi connectivity index (χ4n) is 4.45. The van der Waals surface area contributed by atoms with Crippen LogP contribution in [0.25, 0.3) is 22.6 Å². The lowest BCUT2D eigenvalue weighted by molar-refractivity contribution is 0.0202. The number of ether oxygens (including phenoxy) is 1. The van der Waals surface area contributed by atoms with Crippen molar-refractivity contribution in [2.24, 2.45) is 0 Å². The lowest BCUT2D eigenvalue weighted by Gasteiger charge is -2.38. The van der Waals surface area contributed by atoms with Crippen molar-refractivity contribution in [1.29, 1.82) is 0 Å². The Bertz CT molecular complexity index is 1330. The summed E-state index contributed by atoms with van der Waals surface area (Å²) < 4.78 is 11.8. The zero-order valence-electron chi connectivity index (χ0n) is 20.3. The number of hydrogen-bond donors (Lipinski definition) is 1. The third kappa shape index (κ3) is 5.15. The van der Waals surface area contributed by atoms with Gasteiger partial charge in [0.1, 0.15) is 23.3 Å². The molecule has 0 atom stereocenters. The zero-order chi connectivity index (χ0) is 24.4. The van der Waals surface area contributed by atoms with Crippen LogP contribution in [0.5, 0.6) is 11.5 Å². The van der Waals surface area contributed by atoms with Gasteiger partial charge < -0.3 is 14.4 Å². The minimum Gasteiger partial charge on any atom is -0.508 e. The molecule has 3 aromatic carbocycles. The van der Waals surface area contributed by atoms with Gasteiger partial charge in [0.25, 0.3) is 0 Å². The predicted molar refractivity (Wildman–Crippen MR) is 142 cm³/mol. The van der Waals surface area contributed by atoms with Crippen molar-refractivity contribution >= 4 is 18.2 Å². The van der Waals surface area contributed by atoms with E-state index >= 15 is 0 Å². The van der Waals surface area contributed by atoms with Crippen LogP contribution in [0.1, 0.15) is 34.8 Å². The van der Waals surface area contributed by atoms with E-state index in [0.717, 1.165) is 42.9 Å². The van der Waals surface area contributed by atoms with Crippen LogP contribution in [0, 0.1) is 6.92 Å². The lowest BCUT2D eigenvalue weighted by atomic mass is 9.94. The number of aryl methyl sites for hydroxylation is 1. The Kier molecular flexibility index (Phi) is 7.77. The fraction of sp³-hybridized carbons (Fsp3) is 0.241. The Morgan fingerprint density at radius 1 is 1.06 bits per heavy atom. The summed E-state index contributed by atoms with van der Waals surface area (Å²) in [5, 5.41) is 14.0. The van der Waals surface area contributed by atoms with Crippen molar-refractivity contribution in [3.63, 3.8) is 0 Å². The quantitative estimate of drug-likeness (QED) is 0.290. The van der Waals surface area contributed by atoms with Crippen LogP contribution in [-0.4, -0.2) is 46.7 Å². The summed E-state index contributed by atoms with van der Waals surface area (Å²) in [5.74, 6) is 1.09. The van der Waals surface area contributed by atoms with Gasteiger partial charge in [-0.25, -0.2) is 0 Å². The Labute approximate surface area is 216 Å². The molecule has 5 rings (SSSR count). The fourth-order valence-corrected chi connectivity index (χ4v) is 4.45. The Morgan fingerprint density at radius 3 is 2.42 bits per heavy atom. The van der Waals surface area contributed by atoms with Gasteiger partial charge in [-0.05, 0) is 74.0 Å². The van der Waals surface area contributed by atoms with Gasteiger partial charge in [0.15, 0.2) is 11.5 Å². The summed E-state index contributed by atoms with van der Waals surface area (Å²) in [5.41, 5.74) is 3.92. The number of ketones is 1. The molecule has 0 amide bonds. The first-order valence-electron chi connectivity index (χ1n) is 11.9. The molecule has 186 valence electrons. The van der Waals surface area contributed by atoms with Crippen LogP contribution in [0.4, 0.5) is 0 Å². The summed E-state index contributed by atoms with van der Waals surface area (Å²) >= 11 is 0. The van der Waals surface area contributed by atoms with E-state index in [0.29, 0.717) is 28.1 Å². The summed E-state index contributed by atoms with van der Waals surface area (Å²) in [7, 11) is 0. The monoisotopic (exact) mass is 504 g/mol. The number of likely N-dealkylation sites (tertiary alicyclic amines) is 1. The molecule has 1 aliphatic heterocycles. The van der Waals surface area contributed by atoms with E-state index < -0.39 is 0 Å². The lowest BCUT2D eigenvalue weighted by Crippen LogP contribution is -2.53. The minimum absolute atomic E-state index is 0. The average molecular weight is 505 g/mol. The molecular formula is C29H29ClN2O4. The molecule has 0 saturated carbocycles.